The topological polar surface area (TPSA) is 158 Å². The molecule has 0 unspecified atom stereocenters. The number of likely N-dealkylation sites (N-methyl/N-ethyl adjacent to an activating group) is 2. The van der Waals surface area contributed by atoms with Gasteiger partial charge in [0.25, 0.3) is 0 Å². The minimum Gasteiger partial charge on any atom is -0.371 e. The molecule has 18 rings (SSSR count). The van der Waals surface area contributed by atoms with Crippen LogP contribution in [-0.4, -0.2) is 142 Å². The van der Waals surface area contributed by atoms with Gasteiger partial charge >= 0.3 is 0 Å². The van der Waals surface area contributed by atoms with Gasteiger partial charge in [0.15, 0.2) is 17.5 Å². The zero-order valence-electron chi connectivity index (χ0n) is 57.3. The van der Waals surface area contributed by atoms with Gasteiger partial charge in [-0.3, -0.25) is 13.7 Å². The van der Waals surface area contributed by atoms with Crippen LogP contribution in [0, 0.1) is 46.2 Å². The molecule has 0 N–H and O–H groups in total. The van der Waals surface area contributed by atoms with E-state index in [0.29, 0.717) is 46.7 Å². The lowest BCUT2D eigenvalue weighted by Crippen LogP contribution is -2.34. The Kier molecular flexibility index (Phi) is 16.7. The van der Waals surface area contributed by atoms with Crippen LogP contribution in [-0.2, 0) is 19.6 Å². The third kappa shape index (κ3) is 11.7. The molecule has 12 aromatic rings. The molecule has 18 nitrogen and oxygen atoms in total. The lowest BCUT2D eigenvalue weighted by atomic mass is 10.1. The first kappa shape index (κ1) is 63.9. The van der Waals surface area contributed by atoms with Crippen molar-refractivity contribution in [3.8, 4) is 97.1 Å². The highest BCUT2D eigenvalue weighted by Gasteiger charge is 2.35. The highest BCUT2D eigenvalue weighted by molar-refractivity contribution is 6.32. The average Bonchev–Trinajstić information content (AvgIpc) is 1.61. The molecule has 0 amide bonds. The van der Waals surface area contributed by atoms with E-state index >= 15 is 0 Å². The smallest absolute Gasteiger partial charge is 0.185 e. The summed E-state index contributed by atoms with van der Waals surface area (Å²) in [7, 11) is 8.68. The van der Waals surface area contributed by atoms with Crippen molar-refractivity contribution in [1.82, 2.24) is 62.6 Å². The van der Waals surface area contributed by atoms with Crippen LogP contribution in [0.5, 0.6) is 0 Å². The molecule has 20 heteroatoms. The Morgan fingerprint density at radius 2 is 1.00 bits per heavy atom. The summed E-state index contributed by atoms with van der Waals surface area (Å²) >= 11 is 6.99. The Labute approximate surface area is 587 Å². The van der Waals surface area contributed by atoms with Crippen LogP contribution in [0.25, 0.3) is 85.0 Å². The Bertz CT molecular complexity index is 5130. The standard InChI is InChI=1S/C27H26ClN7.C27H28FN5.C26H24N6/c1-17-13-33(15-25(17)32(2)3)21-8-9-23-20(10-21)14-34-24(27-31-30-16-35(23)27)11-22(26(34)28)19-6-4-18(12-29)5-7-19;1-18-14-31(17-26(18)30(2)3)23-8-9-24-21(12-23)16-32-15-20(19-4-6-22(28)7-5-19)13-25(32)27-29-10-11-33(24)27;1-2-18-9-10-30(14-18)23-7-8-24-22(11-23)16-31-15-21(20-5-3-19(13-27)4-6-20)12-25(31)26-29-28-17-32(24)26/h4-11,16-17,25H,13-15H2,1-3H3;4-13,15,18,26H,14,16-17H2,1-3H3;3-8,11-12,15,17-18H,2,9-10,14,16H2,1H3/t17-,25-;18-,26-;18-/m100/s1. The number of aromatic nitrogens is 11. The third-order valence-electron chi connectivity index (χ3n) is 21.5. The van der Waals surface area contributed by atoms with Gasteiger partial charge in [-0.15, -0.1) is 20.4 Å². The quantitative estimate of drug-likeness (QED) is 0.135. The van der Waals surface area contributed by atoms with Crippen LogP contribution in [0.1, 0.15) is 61.4 Å². The number of hydrogen-bond donors (Lipinski definition) is 0. The summed E-state index contributed by atoms with van der Waals surface area (Å²) in [6.07, 6.45) is 14.3. The molecule has 6 aromatic heterocycles. The van der Waals surface area contributed by atoms with Crippen LogP contribution in [0.15, 0.2) is 183 Å². The second kappa shape index (κ2) is 26.1. The van der Waals surface area contributed by atoms with Gasteiger partial charge in [-0.1, -0.05) is 75.2 Å². The molecule has 6 aliphatic heterocycles. The average molecular weight is 1350 g/mol. The summed E-state index contributed by atoms with van der Waals surface area (Å²) in [5, 5.41) is 36.2. The Balaban J connectivity index is 0.000000117. The number of imidazole rings is 1. The zero-order valence-corrected chi connectivity index (χ0v) is 58.0. The molecule has 100 heavy (non-hydrogen) atoms. The van der Waals surface area contributed by atoms with E-state index < -0.39 is 0 Å². The molecule has 0 spiro atoms. The number of rotatable bonds is 9. The number of benzene rings is 6. The molecule has 6 aromatic carbocycles. The van der Waals surface area contributed by atoms with E-state index in [0.717, 1.165) is 138 Å². The third-order valence-corrected chi connectivity index (χ3v) is 21.9. The number of halogens is 2. The number of hydrogen-bond acceptors (Lipinski definition) is 12. The maximum absolute atomic E-state index is 13.4. The van der Waals surface area contributed by atoms with Gasteiger partial charge in [-0.2, -0.15) is 10.5 Å². The molecule has 5 atom stereocenters. The number of anilines is 3. The molecule has 12 heterocycles. The van der Waals surface area contributed by atoms with Crippen molar-refractivity contribution in [1.29, 1.82) is 10.5 Å². The van der Waals surface area contributed by atoms with Gasteiger partial charge in [0, 0.05) is 123 Å². The van der Waals surface area contributed by atoms with Crippen molar-refractivity contribution in [3.63, 3.8) is 0 Å². The molecule has 0 saturated carbocycles. The van der Waals surface area contributed by atoms with Crippen LogP contribution in [0.4, 0.5) is 21.5 Å². The molecule has 502 valence electrons. The lowest BCUT2D eigenvalue weighted by molar-refractivity contribution is 0.266. The highest BCUT2D eigenvalue weighted by atomic mass is 35.5. The van der Waals surface area contributed by atoms with Crippen molar-refractivity contribution < 1.29 is 4.39 Å². The fraction of sp³-hybridized carbons (Fsp3) is 0.287. The minimum absolute atomic E-state index is 0.218. The minimum atomic E-state index is -0.218. The van der Waals surface area contributed by atoms with Crippen LogP contribution in [0.3, 0.4) is 0 Å². The van der Waals surface area contributed by atoms with E-state index in [4.69, 9.17) is 22.1 Å². The van der Waals surface area contributed by atoms with Gasteiger partial charge in [-0.25, -0.2) is 9.37 Å². The van der Waals surface area contributed by atoms with Gasteiger partial charge in [0.2, 0.25) is 0 Å². The Morgan fingerprint density at radius 3 is 1.50 bits per heavy atom. The summed E-state index contributed by atoms with van der Waals surface area (Å²) in [6, 6.07) is 54.1. The van der Waals surface area contributed by atoms with Gasteiger partial charge in [-0.05, 0) is 195 Å². The molecule has 3 fully saturated rings. The summed E-state index contributed by atoms with van der Waals surface area (Å²) in [6.45, 7) is 15.6. The molecule has 6 aliphatic rings. The number of nitrogens with zero attached hydrogens (tertiary/aromatic N) is 18. The first-order valence-electron chi connectivity index (χ1n) is 34.5. The second-order valence-electron chi connectivity index (χ2n) is 28.1. The van der Waals surface area contributed by atoms with E-state index in [1.54, 1.807) is 12.7 Å². The van der Waals surface area contributed by atoms with Crippen molar-refractivity contribution in [2.75, 3.05) is 82.2 Å². The van der Waals surface area contributed by atoms with Crippen molar-refractivity contribution in [3.05, 3.63) is 222 Å². The first-order valence-corrected chi connectivity index (χ1v) is 34.9. The lowest BCUT2D eigenvalue weighted by Gasteiger charge is -2.23. The van der Waals surface area contributed by atoms with Crippen molar-refractivity contribution in [2.24, 2.45) is 17.8 Å². The van der Waals surface area contributed by atoms with Crippen molar-refractivity contribution in [2.45, 2.75) is 65.3 Å². The summed E-state index contributed by atoms with van der Waals surface area (Å²) in [4.78, 5) is 16.9. The SMILES string of the molecule is CC[C@H]1CCN(c2ccc3c(c2)Cn2cc(-c4ccc(C#N)cc4)cc2-c2nncn2-3)C1.C[C@@H]1CN(c2ccc3c(c2)Cn2c(cc(-c4ccc(C#N)cc4)c2Cl)-c2nncn2-3)C[C@H]1N(C)C.C[C@H]1CN(c2ccc3c(c2)Cn2cc(-c4ccc(F)cc4)cc2-c2nccn2-3)C[C@@H]1N(C)C. The van der Waals surface area contributed by atoms with Crippen LogP contribution >= 0.6 is 11.6 Å². The fourth-order valence-corrected chi connectivity index (χ4v) is 16.3. The summed E-state index contributed by atoms with van der Waals surface area (Å²) in [5.41, 5.74) is 21.4. The van der Waals surface area contributed by atoms with Crippen LogP contribution < -0.4 is 14.7 Å². The summed E-state index contributed by atoms with van der Waals surface area (Å²) in [5.74, 6) is 4.36. The number of fused-ring (bicyclic) bond motifs is 15. The summed E-state index contributed by atoms with van der Waals surface area (Å²) < 4.78 is 26.4. The first-order chi connectivity index (χ1) is 48.6. The molecule has 0 aliphatic carbocycles. The normalized spacial score (nSPS) is 18.3. The fourth-order valence-electron chi connectivity index (χ4n) is 16.0. The van der Waals surface area contributed by atoms with E-state index in [9.17, 15) is 4.39 Å². The van der Waals surface area contributed by atoms with E-state index in [1.807, 2.05) is 77.6 Å². The Morgan fingerprint density at radius 1 is 0.520 bits per heavy atom. The number of nitriles is 2. The molecular formula is C80H78ClFN18. The largest absolute Gasteiger partial charge is 0.371 e. The van der Waals surface area contributed by atoms with Crippen molar-refractivity contribution >= 4 is 28.7 Å². The molecule has 0 radical (unpaired) electrons. The predicted octanol–water partition coefficient (Wildman–Crippen LogP) is 14.4. The van der Waals surface area contributed by atoms with E-state index in [1.165, 1.54) is 64.4 Å². The highest BCUT2D eigenvalue weighted by Crippen LogP contribution is 2.43. The second-order valence-corrected chi connectivity index (χ2v) is 28.5. The van der Waals surface area contributed by atoms with E-state index in [2.05, 4.69) is 219 Å². The molecule has 3 saturated heterocycles. The van der Waals surface area contributed by atoms with Gasteiger partial charge in [0.1, 0.15) is 23.6 Å². The zero-order chi connectivity index (χ0) is 68.6. The monoisotopic (exact) mass is 1340 g/mol. The maximum Gasteiger partial charge on any atom is 0.185 e. The molecular weight excluding hydrogens is 1270 g/mol. The van der Waals surface area contributed by atoms with Crippen LogP contribution in [0.2, 0.25) is 5.15 Å². The maximum atomic E-state index is 13.4. The van der Waals surface area contributed by atoms with Gasteiger partial charge < -0.3 is 38.2 Å². The van der Waals surface area contributed by atoms with Gasteiger partial charge in [0.05, 0.1) is 64.0 Å². The predicted molar refractivity (Wildman–Crippen MR) is 393 cm³/mol. The Hall–Kier alpha value is -10.8. The van der Waals surface area contributed by atoms with E-state index in [-0.39, 0.29) is 5.82 Å². The molecule has 0 bridgehead atoms.